The van der Waals surface area contributed by atoms with Crippen LogP contribution in [-0.4, -0.2) is 78.2 Å². The Labute approximate surface area is 177 Å². The van der Waals surface area contributed by atoms with E-state index in [1.54, 1.807) is 11.9 Å². The molecule has 1 saturated carbocycles. The maximum atomic E-state index is 12.3. The van der Waals surface area contributed by atoms with Crippen molar-refractivity contribution in [2.24, 2.45) is 5.92 Å². The monoisotopic (exact) mass is 423 g/mol. The predicted molar refractivity (Wildman–Crippen MR) is 109 cm³/mol. The summed E-state index contributed by atoms with van der Waals surface area (Å²) in [5, 5.41) is 18.6. The fraction of sp³-hybridized carbons (Fsp3) is 0.682. The van der Waals surface area contributed by atoms with Gasteiger partial charge in [0.15, 0.2) is 5.79 Å². The number of aliphatic hydroxyl groups is 2. The molecule has 5 unspecified atom stereocenters. The van der Waals surface area contributed by atoms with E-state index in [-0.39, 0.29) is 50.1 Å². The quantitative estimate of drug-likeness (QED) is 0.626. The molecule has 8 heteroatoms. The van der Waals surface area contributed by atoms with Gasteiger partial charge >= 0.3 is 6.09 Å². The minimum Gasteiger partial charge on any atom is -0.445 e. The highest BCUT2D eigenvalue weighted by Crippen LogP contribution is 2.44. The number of carbonyl (C=O) groups is 1. The van der Waals surface area contributed by atoms with E-state index < -0.39 is 11.9 Å². The number of rotatable bonds is 9. The molecule has 1 amide bonds. The van der Waals surface area contributed by atoms with Gasteiger partial charge in [0.05, 0.1) is 25.4 Å². The maximum Gasteiger partial charge on any atom is 0.409 e. The van der Waals surface area contributed by atoms with Crippen LogP contribution in [0.2, 0.25) is 0 Å². The molecule has 1 aromatic carbocycles. The van der Waals surface area contributed by atoms with Gasteiger partial charge in [-0.25, -0.2) is 4.79 Å². The minimum absolute atomic E-state index is 0.0482. The molecule has 2 N–H and O–H groups in total. The minimum atomic E-state index is -0.914. The summed E-state index contributed by atoms with van der Waals surface area (Å²) in [6.07, 6.45) is -0.440. The van der Waals surface area contributed by atoms with E-state index in [2.05, 4.69) is 0 Å². The van der Waals surface area contributed by atoms with Gasteiger partial charge in [-0.3, -0.25) is 0 Å². The first-order valence-corrected chi connectivity index (χ1v) is 10.5. The Morgan fingerprint density at radius 2 is 1.97 bits per heavy atom. The summed E-state index contributed by atoms with van der Waals surface area (Å²) in [7, 11) is 1.72. The zero-order valence-electron chi connectivity index (χ0n) is 17.9. The van der Waals surface area contributed by atoms with E-state index >= 15 is 0 Å². The van der Waals surface area contributed by atoms with Crippen molar-refractivity contribution >= 4 is 6.09 Å². The first-order valence-electron chi connectivity index (χ1n) is 10.5. The first-order chi connectivity index (χ1) is 14.3. The zero-order valence-corrected chi connectivity index (χ0v) is 17.9. The molecule has 168 valence electrons. The third-order valence-electron chi connectivity index (χ3n) is 5.60. The van der Waals surface area contributed by atoms with Crippen LogP contribution in [0.1, 0.15) is 32.3 Å². The molecule has 2 fully saturated rings. The fourth-order valence-electron chi connectivity index (χ4n) is 4.05. The molecule has 2 aliphatic rings. The highest BCUT2D eigenvalue weighted by molar-refractivity contribution is 5.67. The SMILES string of the molecule is CN(CCC1CC(OCC(O)CO)C2OC(C)(C)OC12)C(=O)OCc1ccccc1. The second-order valence-corrected chi connectivity index (χ2v) is 8.52. The van der Waals surface area contributed by atoms with Gasteiger partial charge < -0.3 is 34.1 Å². The molecule has 0 aromatic heterocycles. The number of ether oxygens (including phenoxy) is 4. The topological polar surface area (TPSA) is 97.7 Å². The Kier molecular flexibility index (Phi) is 7.70. The van der Waals surface area contributed by atoms with Crippen molar-refractivity contribution in [1.29, 1.82) is 0 Å². The van der Waals surface area contributed by atoms with Crippen LogP contribution in [0.3, 0.4) is 0 Å². The lowest BCUT2D eigenvalue weighted by Crippen LogP contribution is -2.33. The van der Waals surface area contributed by atoms with E-state index in [9.17, 15) is 9.90 Å². The van der Waals surface area contributed by atoms with Crippen LogP contribution in [-0.2, 0) is 25.6 Å². The number of benzene rings is 1. The summed E-state index contributed by atoms with van der Waals surface area (Å²) >= 11 is 0. The largest absolute Gasteiger partial charge is 0.445 e. The number of nitrogens with zero attached hydrogens (tertiary/aromatic N) is 1. The van der Waals surface area contributed by atoms with E-state index in [1.165, 1.54) is 0 Å². The second kappa shape index (κ2) is 10.1. The molecule has 1 aromatic rings. The summed E-state index contributed by atoms with van der Waals surface area (Å²) < 4.78 is 23.3. The summed E-state index contributed by atoms with van der Waals surface area (Å²) in [5.41, 5.74) is 0.946. The Balaban J connectivity index is 1.50. The highest BCUT2D eigenvalue weighted by atomic mass is 16.8. The lowest BCUT2D eigenvalue weighted by Gasteiger charge is -2.25. The van der Waals surface area contributed by atoms with Crippen molar-refractivity contribution in [3.63, 3.8) is 0 Å². The average Bonchev–Trinajstić information content (AvgIpc) is 3.22. The molecule has 1 saturated heterocycles. The van der Waals surface area contributed by atoms with Crippen LogP contribution in [0.15, 0.2) is 30.3 Å². The van der Waals surface area contributed by atoms with Gasteiger partial charge in [0.2, 0.25) is 0 Å². The van der Waals surface area contributed by atoms with Gasteiger partial charge in [0.25, 0.3) is 0 Å². The molecule has 1 aliphatic carbocycles. The van der Waals surface area contributed by atoms with Crippen LogP contribution in [0.25, 0.3) is 0 Å². The van der Waals surface area contributed by atoms with Crippen LogP contribution < -0.4 is 0 Å². The molecule has 3 rings (SSSR count). The van der Waals surface area contributed by atoms with Crippen molar-refractivity contribution in [3.05, 3.63) is 35.9 Å². The smallest absolute Gasteiger partial charge is 0.409 e. The summed E-state index contributed by atoms with van der Waals surface area (Å²) in [6, 6.07) is 9.57. The van der Waals surface area contributed by atoms with Crippen LogP contribution in [0.5, 0.6) is 0 Å². The molecule has 0 radical (unpaired) electrons. The number of fused-ring (bicyclic) bond motifs is 1. The Hall–Kier alpha value is -1.71. The van der Waals surface area contributed by atoms with E-state index in [4.69, 9.17) is 24.1 Å². The lowest BCUT2D eigenvalue weighted by atomic mass is 10.0. The van der Waals surface area contributed by atoms with Crippen LogP contribution in [0.4, 0.5) is 4.79 Å². The third kappa shape index (κ3) is 5.92. The zero-order chi connectivity index (χ0) is 21.7. The number of aliphatic hydroxyl groups excluding tert-OH is 2. The van der Waals surface area contributed by atoms with Gasteiger partial charge in [-0.2, -0.15) is 0 Å². The van der Waals surface area contributed by atoms with E-state index in [0.29, 0.717) is 13.0 Å². The summed E-state index contributed by atoms with van der Waals surface area (Å²) in [6.45, 7) is 4.21. The number of hydrogen-bond acceptors (Lipinski definition) is 7. The Morgan fingerprint density at radius 3 is 2.67 bits per heavy atom. The molecular weight excluding hydrogens is 390 g/mol. The van der Waals surface area contributed by atoms with Crippen LogP contribution >= 0.6 is 0 Å². The fourth-order valence-corrected chi connectivity index (χ4v) is 4.05. The summed E-state index contributed by atoms with van der Waals surface area (Å²) in [4.78, 5) is 13.9. The van der Waals surface area contributed by atoms with Crippen molar-refractivity contribution in [2.75, 3.05) is 26.8 Å². The van der Waals surface area contributed by atoms with Gasteiger partial charge in [0.1, 0.15) is 18.8 Å². The first kappa shape index (κ1) is 23.0. The van der Waals surface area contributed by atoms with Crippen molar-refractivity contribution in [1.82, 2.24) is 4.90 Å². The summed E-state index contributed by atoms with van der Waals surface area (Å²) in [5.74, 6) is -0.552. The predicted octanol–water partition coefficient (Wildman–Crippen LogP) is 1.92. The number of amides is 1. The standard InChI is InChI=1S/C22H33NO7/c1-22(2)29-19-16(11-18(20(19)30-22)27-14-17(25)12-24)9-10-23(3)21(26)28-13-15-7-5-4-6-8-15/h4-8,16-20,24-25H,9-14H2,1-3H3. The van der Waals surface area contributed by atoms with Crippen molar-refractivity contribution in [3.8, 4) is 0 Å². The molecule has 30 heavy (non-hydrogen) atoms. The molecule has 0 spiro atoms. The van der Waals surface area contributed by atoms with Gasteiger partial charge in [-0.15, -0.1) is 0 Å². The number of carbonyl (C=O) groups excluding carboxylic acids is 1. The Morgan fingerprint density at radius 1 is 1.27 bits per heavy atom. The van der Waals surface area contributed by atoms with Gasteiger partial charge in [-0.1, -0.05) is 30.3 Å². The second-order valence-electron chi connectivity index (χ2n) is 8.52. The molecular formula is C22H33NO7. The lowest BCUT2D eigenvalue weighted by molar-refractivity contribution is -0.173. The maximum absolute atomic E-state index is 12.3. The van der Waals surface area contributed by atoms with Crippen molar-refractivity contribution in [2.45, 2.75) is 63.5 Å². The average molecular weight is 424 g/mol. The van der Waals surface area contributed by atoms with Crippen LogP contribution in [0, 0.1) is 5.92 Å². The molecule has 8 nitrogen and oxygen atoms in total. The van der Waals surface area contributed by atoms with E-state index in [0.717, 1.165) is 12.0 Å². The van der Waals surface area contributed by atoms with E-state index in [1.807, 2.05) is 44.2 Å². The van der Waals surface area contributed by atoms with Gasteiger partial charge in [-0.05, 0) is 38.2 Å². The third-order valence-corrected chi connectivity index (χ3v) is 5.60. The Bertz CT molecular complexity index is 683. The molecule has 1 heterocycles. The normalized spacial score (nSPS) is 28.2. The molecule has 0 bridgehead atoms. The van der Waals surface area contributed by atoms with Crippen molar-refractivity contribution < 1.29 is 34.0 Å². The van der Waals surface area contributed by atoms with Gasteiger partial charge in [0, 0.05) is 13.6 Å². The molecule has 5 atom stereocenters. The highest BCUT2D eigenvalue weighted by Gasteiger charge is 2.54. The number of hydrogen-bond donors (Lipinski definition) is 2. The molecule has 1 aliphatic heterocycles.